The Morgan fingerprint density at radius 2 is 1.03 bits per heavy atom. The molecule has 2 unspecified atom stereocenters. The van der Waals surface area contributed by atoms with Crippen LogP contribution in [0.25, 0.3) is 0 Å². The number of aliphatic hydroxyl groups is 2. The minimum absolute atomic E-state index is 0.0428. The van der Waals surface area contributed by atoms with Crippen molar-refractivity contribution in [3.63, 3.8) is 0 Å². The lowest BCUT2D eigenvalue weighted by molar-refractivity contribution is -0.123. The first-order valence-electron chi connectivity index (χ1n) is 16.4. The van der Waals surface area contributed by atoms with E-state index < -0.39 is 12.1 Å². The quantitative estimate of drug-likeness (QED) is 0.0676. The zero-order valence-corrected chi connectivity index (χ0v) is 25.0. The molecule has 0 fully saturated rings. The number of amides is 1. The molecule has 0 saturated carbocycles. The lowest BCUT2D eigenvalue weighted by atomic mass is 10.0. The first-order chi connectivity index (χ1) is 18.2. The van der Waals surface area contributed by atoms with Crippen molar-refractivity contribution in [2.24, 2.45) is 0 Å². The molecule has 2 atom stereocenters. The van der Waals surface area contributed by atoms with E-state index >= 15 is 0 Å². The highest BCUT2D eigenvalue weighted by atomic mass is 16.3. The number of carbonyl (C=O) groups excluding carboxylic acids is 1. The van der Waals surface area contributed by atoms with Gasteiger partial charge >= 0.3 is 0 Å². The highest BCUT2D eigenvalue weighted by Gasteiger charge is 2.19. The van der Waals surface area contributed by atoms with Crippen molar-refractivity contribution in [3.05, 3.63) is 12.2 Å². The number of carbonyl (C=O) groups is 1. The summed E-state index contributed by atoms with van der Waals surface area (Å²) in [5.41, 5.74) is 0. The van der Waals surface area contributed by atoms with Gasteiger partial charge in [-0.05, 0) is 38.5 Å². The summed E-state index contributed by atoms with van der Waals surface area (Å²) in [6.07, 6.45) is 34.0. The van der Waals surface area contributed by atoms with Gasteiger partial charge in [-0.3, -0.25) is 4.79 Å². The number of rotatable bonds is 29. The van der Waals surface area contributed by atoms with Gasteiger partial charge in [0, 0.05) is 6.42 Å². The fraction of sp³-hybridized carbons (Fsp3) is 0.909. The summed E-state index contributed by atoms with van der Waals surface area (Å²) in [6, 6.07) is -0.533. The van der Waals surface area contributed by atoms with Crippen LogP contribution in [-0.2, 0) is 4.79 Å². The van der Waals surface area contributed by atoms with Gasteiger partial charge in [-0.1, -0.05) is 142 Å². The van der Waals surface area contributed by atoms with Gasteiger partial charge in [-0.2, -0.15) is 0 Å². The summed E-state index contributed by atoms with van der Waals surface area (Å²) in [6.45, 7) is 4.32. The molecular formula is C33H65NO3. The Morgan fingerprint density at radius 3 is 1.49 bits per heavy atom. The average molecular weight is 524 g/mol. The second kappa shape index (κ2) is 29.7. The number of aliphatic hydroxyl groups excluding tert-OH is 2. The predicted octanol–water partition coefficient (Wildman–Crippen LogP) is 9.17. The molecule has 37 heavy (non-hydrogen) atoms. The molecule has 0 radical (unpaired) electrons. The molecule has 0 heterocycles. The highest BCUT2D eigenvalue weighted by molar-refractivity contribution is 5.76. The van der Waals surface area contributed by atoms with Crippen LogP contribution in [-0.4, -0.2) is 34.9 Å². The van der Waals surface area contributed by atoms with E-state index in [1.54, 1.807) is 0 Å². The van der Waals surface area contributed by atoms with Gasteiger partial charge in [0.1, 0.15) is 0 Å². The maximum Gasteiger partial charge on any atom is 0.220 e. The Labute approximate surface area is 231 Å². The van der Waals surface area contributed by atoms with E-state index in [4.69, 9.17) is 0 Å². The summed E-state index contributed by atoms with van der Waals surface area (Å²) in [5, 5.41) is 22.9. The van der Waals surface area contributed by atoms with Crippen molar-refractivity contribution < 1.29 is 15.0 Å². The fourth-order valence-electron chi connectivity index (χ4n) is 4.94. The Morgan fingerprint density at radius 1 is 0.622 bits per heavy atom. The van der Waals surface area contributed by atoms with Crippen molar-refractivity contribution in [1.82, 2.24) is 5.32 Å². The molecule has 0 rings (SSSR count). The lowest BCUT2D eigenvalue weighted by Crippen LogP contribution is -2.45. The third-order valence-corrected chi connectivity index (χ3v) is 7.53. The average Bonchev–Trinajstić information content (AvgIpc) is 2.90. The summed E-state index contributed by atoms with van der Waals surface area (Å²) < 4.78 is 0. The van der Waals surface area contributed by atoms with Crippen LogP contribution >= 0.6 is 0 Å². The molecule has 220 valence electrons. The number of allylic oxidation sites excluding steroid dienone is 2. The Kier molecular flexibility index (Phi) is 29.0. The van der Waals surface area contributed by atoms with Gasteiger partial charge in [-0.25, -0.2) is 0 Å². The van der Waals surface area contributed by atoms with Gasteiger partial charge in [0.05, 0.1) is 18.8 Å². The topological polar surface area (TPSA) is 69.6 Å². The van der Waals surface area contributed by atoms with Gasteiger partial charge in [0.2, 0.25) is 5.91 Å². The van der Waals surface area contributed by atoms with E-state index in [0.29, 0.717) is 12.8 Å². The van der Waals surface area contributed by atoms with Gasteiger partial charge in [0.25, 0.3) is 0 Å². The second-order valence-electron chi connectivity index (χ2n) is 11.2. The van der Waals surface area contributed by atoms with Crippen molar-refractivity contribution >= 4 is 5.91 Å². The molecule has 1 amide bonds. The van der Waals surface area contributed by atoms with E-state index in [-0.39, 0.29) is 12.5 Å². The van der Waals surface area contributed by atoms with E-state index in [1.165, 1.54) is 122 Å². The zero-order valence-electron chi connectivity index (χ0n) is 25.0. The third-order valence-electron chi connectivity index (χ3n) is 7.53. The second-order valence-corrected chi connectivity index (χ2v) is 11.2. The lowest BCUT2D eigenvalue weighted by Gasteiger charge is -2.22. The molecular weight excluding hydrogens is 458 g/mol. The van der Waals surface area contributed by atoms with E-state index in [0.717, 1.165) is 25.7 Å². The number of nitrogens with one attached hydrogen (secondary N) is 1. The van der Waals surface area contributed by atoms with Crippen molar-refractivity contribution in [2.75, 3.05) is 6.61 Å². The molecule has 4 nitrogen and oxygen atoms in total. The molecule has 0 saturated heterocycles. The van der Waals surface area contributed by atoms with Crippen molar-refractivity contribution in [2.45, 2.75) is 187 Å². The van der Waals surface area contributed by atoms with Crippen LogP contribution in [0.5, 0.6) is 0 Å². The van der Waals surface area contributed by atoms with Gasteiger partial charge in [-0.15, -0.1) is 0 Å². The molecule has 4 heteroatoms. The standard InChI is InChI=1S/C33H65NO3/c1-3-5-7-9-11-13-15-16-17-18-19-21-23-25-27-29-33(37)34-31(30-35)32(36)28-26-24-22-20-14-12-10-8-6-4-2/h16-17,31-32,35-36H,3-15,18-30H2,1-2H3,(H,34,37)/b17-16-. The van der Waals surface area contributed by atoms with Crippen LogP contribution in [0.3, 0.4) is 0 Å². The van der Waals surface area contributed by atoms with Crippen molar-refractivity contribution in [1.29, 1.82) is 0 Å². The first-order valence-corrected chi connectivity index (χ1v) is 16.4. The van der Waals surface area contributed by atoms with Gasteiger partial charge in [0.15, 0.2) is 0 Å². The Bertz CT molecular complexity index is 494. The predicted molar refractivity (Wildman–Crippen MR) is 161 cm³/mol. The van der Waals surface area contributed by atoms with Crippen LogP contribution in [0.4, 0.5) is 0 Å². The number of unbranched alkanes of at least 4 members (excludes halogenated alkanes) is 20. The normalized spacial score (nSPS) is 13.3. The zero-order chi connectivity index (χ0) is 27.2. The van der Waals surface area contributed by atoms with Crippen LogP contribution < -0.4 is 5.32 Å². The molecule has 0 spiro atoms. The molecule has 0 aromatic heterocycles. The smallest absolute Gasteiger partial charge is 0.220 e. The van der Waals surface area contributed by atoms with Crippen LogP contribution in [0.1, 0.15) is 174 Å². The van der Waals surface area contributed by atoms with E-state index in [9.17, 15) is 15.0 Å². The monoisotopic (exact) mass is 523 g/mol. The summed E-state index contributed by atoms with van der Waals surface area (Å²) in [4.78, 5) is 12.3. The van der Waals surface area contributed by atoms with Crippen LogP contribution in [0, 0.1) is 0 Å². The Balaban J connectivity index is 3.60. The van der Waals surface area contributed by atoms with E-state index in [1.807, 2.05) is 0 Å². The minimum atomic E-state index is -0.655. The summed E-state index contributed by atoms with van der Waals surface area (Å²) in [7, 11) is 0. The molecule has 0 aliphatic rings. The van der Waals surface area contributed by atoms with Gasteiger partial charge < -0.3 is 15.5 Å². The maximum absolute atomic E-state index is 12.3. The fourth-order valence-corrected chi connectivity index (χ4v) is 4.94. The molecule has 3 N–H and O–H groups in total. The largest absolute Gasteiger partial charge is 0.394 e. The van der Waals surface area contributed by atoms with E-state index in [2.05, 4.69) is 31.3 Å². The molecule has 0 aromatic carbocycles. The summed E-state index contributed by atoms with van der Waals surface area (Å²) >= 11 is 0. The number of hydrogen-bond acceptors (Lipinski definition) is 3. The van der Waals surface area contributed by atoms with Crippen LogP contribution in [0.2, 0.25) is 0 Å². The first kappa shape index (κ1) is 36.1. The molecule has 0 aromatic rings. The highest BCUT2D eigenvalue weighted by Crippen LogP contribution is 2.14. The molecule has 0 bridgehead atoms. The summed E-state index contributed by atoms with van der Waals surface area (Å²) in [5.74, 6) is -0.0428. The minimum Gasteiger partial charge on any atom is -0.394 e. The SMILES string of the molecule is CCCCCCCC/C=C\CCCCCCCC(=O)NC(CO)C(O)CCCCCCCCCCCC. The number of hydrogen-bond donors (Lipinski definition) is 3. The Hall–Kier alpha value is -0.870. The molecule has 0 aliphatic heterocycles. The van der Waals surface area contributed by atoms with Crippen LogP contribution in [0.15, 0.2) is 12.2 Å². The maximum atomic E-state index is 12.3. The van der Waals surface area contributed by atoms with Crippen molar-refractivity contribution in [3.8, 4) is 0 Å². The molecule has 0 aliphatic carbocycles. The third kappa shape index (κ3) is 26.5.